The van der Waals surface area contributed by atoms with Crippen LogP contribution in [0.25, 0.3) is 0 Å². The number of carbonyl (C=O) groups is 1. The van der Waals surface area contributed by atoms with Crippen LogP contribution in [0.2, 0.25) is 5.54 Å². The first-order chi connectivity index (χ1) is 8.33. The zero-order chi connectivity index (χ0) is 14.3. The monoisotopic (exact) mass is 274 g/mol. The average Bonchev–Trinajstić information content (AvgIpc) is 2.29. The SMILES string of the molecule is CCOC(C)(OCC)C(=C(C)C(=O)O)C([SiH3])CC. The molecule has 0 saturated heterocycles. The van der Waals surface area contributed by atoms with E-state index >= 15 is 0 Å². The van der Waals surface area contributed by atoms with Gasteiger partial charge in [0.25, 0.3) is 0 Å². The first-order valence-corrected chi connectivity index (χ1v) is 7.71. The largest absolute Gasteiger partial charge is 0.478 e. The molecule has 5 heteroatoms. The van der Waals surface area contributed by atoms with E-state index in [2.05, 4.69) is 6.92 Å². The van der Waals surface area contributed by atoms with E-state index in [4.69, 9.17) is 9.47 Å². The van der Waals surface area contributed by atoms with Crippen molar-refractivity contribution in [3.63, 3.8) is 0 Å². The third-order valence-corrected chi connectivity index (χ3v) is 4.55. The molecule has 0 aliphatic rings. The summed E-state index contributed by atoms with van der Waals surface area (Å²) in [5.74, 6) is -1.82. The predicted molar refractivity (Wildman–Crippen MR) is 76.0 cm³/mol. The van der Waals surface area contributed by atoms with Gasteiger partial charge in [-0.2, -0.15) is 0 Å². The van der Waals surface area contributed by atoms with E-state index < -0.39 is 11.8 Å². The number of hydrogen-bond acceptors (Lipinski definition) is 3. The third-order valence-electron chi connectivity index (χ3n) is 3.16. The molecule has 1 unspecified atom stereocenters. The normalized spacial score (nSPS) is 15.4. The number of hydrogen-bond donors (Lipinski definition) is 1. The lowest BCUT2D eigenvalue weighted by atomic mass is 9.96. The number of rotatable bonds is 8. The molecule has 0 heterocycles. The Kier molecular flexibility index (Phi) is 7.43. The van der Waals surface area contributed by atoms with Crippen LogP contribution in [0, 0.1) is 0 Å². The number of carboxylic acid groups (broad SMARTS) is 1. The Labute approximate surface area is 113 Å². The molecule has 0 bridgehead atoms. The Morgan fingerprint density at radius 2 is 1.72 bits per heavy atom. The van der Waals surface area contributed by atoms with E-state index in [1.807, 2.05) is 20.8 Å². The fraction of sp³-hybridized carbons (Fsp3) is 0.769. The summed E-state index contributed by atoms with van der Waals surface area (Å²) in [5, 5.41) is 9.24. The van der Waals surface area contributed by atoms with Crippen molar-refractivity contribution in [2.24, 2.45) is 0 Å². The van der Waals surface area contributed by atoms with Gasteiger partial charge in [0.05, 0.1) is 0 Å². The Bertz CT molecular complexity index is 306. The second-order valence-corrected chi connectivity index (χ2v) is 5.86. The minimum absolute atomic E-state index is 0.240. The van der Waals surface area contributed by atoms with Gasteiger partial charge >= 0.3 is 5.97 Å². The zero-order valence-electron chi connectivity index (χ0n) is 12.4. The quantitative estimate of drug-likeness (QED) is 0.416. The topological polar surface area (TPSA) is 55.8 Å². The number of ether oxygens (including phenoxy) is 2. The van der Waals surface area contributed by atoms with Gasteiger partial charge in [-0.1, -0.05) is 13.3 Å². The number of aliphatic carboxylic acids is 1. The van der Waals surface area contributed by atoms with Crippen molar-refractivity contribution in [1.29, 1.82) is 0 Å². The minimum atomic E-state index is -0.922. The van der Waals surface area contributed by atoms with Gasteiger partial charge in [-0.25, -0.2) is 4.79 Å². The summed E-state index contributed by atoms with van der Waals surface area (Å²) in [5.41, 5.74) is 1.37. The van der Waals surface area contributed by atoms with Crippen molar-refractivity contribution in [2.75, 3.05) is 13.2 Å². The molecule has 0 aromatic rings. The van der Waals surface area contributed by atoms with Gasteiger partial charge < -0.3 is 14.6 Å². The van der Waals surface area contributed by atoms with Crippen LogP contribution in [0.15, 0.2) is 11.1 Å². The minimum Gasteiger partial charge on any atom is -0.478 e. The van der Waals surface area contributed by atoms with Gasteiger partial charge in [-0.05, 0) is 38.8 Å². The molecule has 0 aromatic carbocycles. The van der Waals surface area contributed by atoms with Gasteiger partial charge in [0.15, 0.2) is 5.79 Å². The highest BCUT2D eigenvalue weighted by molar-refractivity contribution is 6.14. The second kappa shape index (κ2) is 7.71. The standard InChI is InChI=1S/C13H26O4Si/c1-6-10(18)11(9(4)12(14)15)13(5,16-7-2)17-8-3/h10H,6-8H2,1-5,18H3,(H,14,15). The molecule has 106 valence electrons. The molecular weight excluding hydrogens is 248 g/mol. The molecule has 0 aliphatic heterocycles. The molecule has 0 aliphatic carbocycles. The molecule has 1 N–H and O–H groups in total. The summed E-state index contributed by atoms with van der Waals surface area (Å²) in [6, 6.07) is 0. The van der Waals surface area contributed by atoms with Crippen molar-refractivity contribution < 1.29 is 19.4 Å². The molecule has 0 saturated carbocycles. The maximum Gasteiger partial charge on any atom is 0.331 e. The highest BCUT2D eigenvalue weighted by atomic mass is 28.1. The Hall–Kier alpha value is -0.653. The molecule has 1 atom stereocenters. The molecule has 0 amide bonds. The molecular formula is C13H26O4Si. The lowest BCUT2D eigenvalue weighted by Gasteiger charge is -2.35. The Balaban J connectivity index is 5.65. The Morgan fingerprint density at radius 1 is 1.28 bits per heavy atom. The van der Waals surface area contributed by atoms with E-state index in [0.717, 1.165) is 22.2 Å². The van der Waals surface area contributed by atoms with Crippen molar-refractivity contribution >= 4 is 16.2 Å². The molecule has 0 radical (unpaired) electrons. The van der Waals surface area contributed by atoms with Crippen LogP contribution >= 0.6 is 0 Å². The molecule has 18 heavy (non-hydrogen) atoms. The fourth-order valence-corrected chi connectivity index (χ4v) is 3.18. The van der Waals surface area contributed by atoms with Crippen molar-refractivity contribution in [2.45, 2.75) is 52.4 Å². The lowest BCUT2D eigenvalue weighted by molar-refractivity contribution is -0.196. The lowest BCUT2D eigenvalue weighted by Crippen LogP contribution is -2.38. The van der Waals surface area contributed by atoms with Crippen LogP contribution in [0.3, 0.4) is 0 Å². The zero-order valence-corrected chi connectivity index (χ0v) is 14.4. The second-order valence-electron chi connectivity index (χ2n) is 4.46. The van der Waals surface area contributed by atoms with E-state index in [-0.39, 0.29) is 5.54 Å². The van der Waals surface area contributed by atoms with Crippen LogP contribution < -0.4 is 0 Å². The van der Waals surface area contributed by atoms with E-state index in [1.54, 1.807) is 6.92 Å². The van der Waals surface area contributed by atoms with E-state index in [1.165, 1.54) is 0 Å². The van der Waals surface area contributed by atoms with Crippen molar-refractivity contribution in [1.82, 2.24) is 0 Å². The molecule has 4 nitrogen and oxygen atoms in total. The summed E-state index contributed by atoms with van der Waals surface area (Å²) in [6.45, 7) is 10.3. The average molecular weight is 274 g/mol. The van der Waals surface area contributed by atoms with E-state index in [0.29, 0.717) is 18.8 Å². The smallest absolute Gasteiger partial charge is 0.331 e. The maximum absolute atomic E-state index is 11.3. The van der Waals surface area contributed by atoms with Crippen LogP contribution in [-0.4, -0.2) is 40.3 Å². The van der Waals surface area contributed by atoms with Gasteiger partial charge in [-0.15, -0.1) is 0 Å². The van der Waals surface area contributed by atoms with Gasteiger partial charge in [0.2, 0.25) is 0 Å². The highest BCUT2D eigenvalue weighted by Gasteiger charge is 2.35. The van der Waals surface area contributed by atoms with Gasteiger partial charge in [0.1, 0.15) is 0 Å². The van der Waals surface area contributed by atoms with Crippen LogP contribution in [0.4, 0.5) is 0 Å². The van der Waals surface area contributed by atoms with Crippen LogP contribution in [0.5, 0.6) is 0 Å². The third kappa shape index (κ3) is 4.22. The van der Waals surface area contributed by atoms with Crippen molar-refractivity contribution in [3.8, 4) is 0 Å². The van der Waals surface area contributed by atoms with E-state index in [9.17, 15) is 9.90 Å². The summed E-state index contributed by atoms with van der Waals surface area (Å²) in [7, 11) is 0.880. The first kappa shape index (κ1) is 17.3. The Morgan fingerprint density at radius 3 is 2.00 bits per heavy atom. The number of carboxylic acids is 1. The fourth-order valence-electron chi connectivity index (χ4n) is 2.23. The maximum atomic E-state index is 11.3. The van der Waals surface area contributed by atoms with Crippen LogP contribution in [-0.2, 0) is 14.3 Å². The highest BCUT2D eigenvalue weighted by Crippen LogP contribution is 2.35. The molecule has 0 rings (SSSR count). The summed E-state index contributed by atoms with van der Waals surface area (Å²) in [6.07, 6.45) is 0.905. The molecule has 0 spiro atoms. The molecule has 0 aromatic heterocycles. The van der Waals surface area contributed by atoms with Crippen molar-refractivity contribution in [3.05, 3.63) is 11.1 Å². The molecule has 0 fully saturated rings. The van der Waals surface area contributed by atoms with Gasteiger partial charge in [-0.3, -0.25) is 0 Å². The summed E-state index contributed by atoms with van der Waals surface area (Å²) < 4.78 is 11.4. The van der Waals surface area contributed by atoms with Gasteiger partial charge in [0, 0.05) is 29.0 Å². The first-order valence-electron chi connectivity index (χ1n) is 6.56. The summed E-state index contributed by atoms with van der Waals surface area (Å²) >= 11 is 0. The van der Waals surface area contributed by atoms with Crippen LogP contribution in [0.1, 0.15) is 41.0 Å². The predicted octanol–water partition coefficient (Wildman–Crippen LogP) is 1.74. The summed E-state index contributed by atoms with van der Waals surface area (Å²) in [4.78, 5) is 11.3.